The van der Waals surface area contributed by atoms with Gasteiger partial charge in [0.25, 0.3) is 0 Å². The Labute approximate surface area is 130 Å². The van der Waals surface area contributed by atoms with Crippen molar-refractivity contribution in [3.05, 3.63) is 58.8 Å². The van der Waals surface area contributed by atoms with E-state index in [1.807, 2.05) is 22.7 Å². The molecule has 21 heavy (non-hydrogen) atoms. The van der Waals surface area contributed by atoms with E-state index in [2.05, 4.69) is 60.8 Å². The molecule has 0 amide bonds. The maximum Gasteiger partial charge on any atom is 0.0421 e. The highest BCUT2D eigenvalue weighted by Crippen LogP contribution is 2.37. The van der Waals surface area contributed by atoms with Gasteiger partial charge in [-0.3, -0.25) is 0 Å². The summed E-state index contributed by atoms with van der Waals surface area (Å²) in [6.07, 6.45) is 0. The van der Waals surface area contributed by atoms with Crippen LogP contribution in [0.4, 0.5) is 0 Å². The average Bonchev–Trinajstić information content (AvgIpc) is 3.08. The fraction of sp³-hybridized carbons (Fsp3) is 0.0526. The zero-order valence-electron chi connectivity index (χ0n) is 11.5. The Morgan fingerprint density at radius 3 is 2.52 bits per heavy atom. The zero-order valence-corrected chi connectivity index (χ0v) is 13.1. The fourth-order valence-electron chi connectivity index (χ4n) is 3.24. The minimum atomic E-state index is 1.34. The molecule has 0 saturated heterocycles. The van der Waals surface area contributed by atoms with Crippen molar-refractivity contribution in [3.63, 3.8) is 0 Å². The van der Waals surface area contributed by atoms with Crippen molar-refractivity contribution < 1.29 is 0 Å². The highest BCUT2D eigenvalue weighted by Gasteiger charge is 2.07. The summed E-state index contributed by atoms with van der Waals surface area (Å²) in [6.45, 7) is 2.18. The normalized spacial score (nSPS) is 12.0. The smallest absolute Gasteiger partial charge is 0.0421 e. The summed E-state index contributed by atoms with van der Waals surface area (Å²) >= 11 is 3.72. The average molecular weight is 304 g/mol. The Morgan fingerprint density at radius 1 is 0.714 bits per heavy atom. The Hall–Kier alpha value is -1.90. The summed E-state index contributed by atoms with van der Waals surface area (Å²) in [4.78, 5) is 1.38. The standard InChI is InChI=1S/C19H12S2/c1-11-8-14-9-13-3-5-16-15(17(13)10-18(14)21-11)4-2-12-6-7-20-19(12)16/h2-10H,1H3. The maximum absolute atomic E-state index is 2.37. The van der Waals surface area contributed by atoms with E-state index in [9.17, 15) is 0 Å². The van der Waals surface area contributed by atoms with Crippen LogP contribution in [0.1, 0.15) is 4.88 Å². The molecular weight excluding hydrogens is 292 g/mol. The summed E-state index contributed by atoms with van der Waals surface area (Å²) in [5, 5.41) is 10.3. The molecule has 2 aromatic heterocycles. The molecular formula is C19H12S2. The van der Waals surface area contributed by atoms with Crippen molar-refractivity contribution in [1.29, 1.82) is 0 Å². The lowest BCUT2D eigenvalue weighted by atomic mass is 10.00. The van der Waals surface area contributed by atoms with Crippen molar-refractivity contribution in [3.8, 4) is 0 Å². The van der Waals surface area contributed by atoms with Crippen molar-refractivity contribution in [2.24, 2.45) is 0 Å². The summed E-state index contributed by atoms with van der Waals surface area (Å²) in [5.74, 6) is 0. The third-order valence-electron chi connectivity index (χ3n) is 4.19. The third-order valence-corrected chi connectivity index (χ3v) is 6.17. The van der Waals surface area contributed by atoms with Crippen LogP contribution in [0.3, 0.4) is 0 Å². The van der Waals surface area contributed by atoms with E-state index in [0.717, 1.165) is 0 Å². The van der Waals surface area contributed by atoms with Gasteiger partial charge in [0, 0.05) is 19.7 Å². The minimum Gasteiger partial charge on any atom is -0.143 e. The van der Waals surface area contributed by atoms with Crippen LogP contribution in [-0.4, -0.2) is 0 Å². The molecule has 0 bridgehead atoms. The molecule has 2 heterocycles. The van der Waals surface area contributed by atoms with Crippen LogP contribution in [0.5, 0.6) is 0 Å². The van der Waals surface area contributed by atoms with Gasteiger partial charge in [0.2, 0.25) is 0 Å². The van der Waals surface area contributed by atoms with Crippen LogP contribution in [-0.2, 0) is 0 Å². The molecule has 0 saturated carbocycles. The second-order valence-electron chi connectivity index (χ2n) is 5.53. The van der Waals surface area contributed by atoms with Gasteiger partial charge in [-0.15, -0.1) is 22.7 Å². The molecule has 0 radical (unpaired) electrons. The number of hydrogen-bond donors (Lipinski definition) is 0. The summed E-state index contributed by atoms with van der Waals surface area (Å²) < 4.78 is 2.79. The summed E-state index contributed by atoms with van der Waals surface area (Å²) in [7, 11) is 0. The van der Waals surface area contributed by atoms with E-state index in [1.54, 1.807) is 0 Å². The van der Waals surface area contributed by atoms with Crippen LogP contribution in [0, 0.1) is 6.92 Å². The molecule has 0 unspecified atom stereocenters. The molecule has 0 N–H and O–H groups in total. The van der Waals surface area contributed by atoms with E-state index < -0.39 is 0 Å². The second-order valence-corrected chi connectivity index (χ2v) is 7.74. The number of benzene rings is 3. The number of hydrogen-bond acceptors (Lipinski definition) is 2. The predicted molar refractivity (Wildman–Crippen MR) is 97.0 cm³/mol. The number of aryl methyl sites for hydroxylation is 1. The highest BCUT2D eigenvalue weighted by molar-refractivity contribution is 7.19. The van der Waals surface area contributed by atoms with Gasteiger partial charge in [-0.25, -0.2) is 0 Å². The first-order valence-electron chi connectivity index (χ1n) is 7.02. The molecule has 3 aromatic carbocycles. The lowest BCUT2D eigenvalue weighted by Crippen LogP contribution is -1.78. The lowest BCUT2D eigenvalue weighted by molar-refractivity contribution is 1.66. The van der Waals surface area contributed by atoms with Crippen molar-refractivity contribution in [2.45, 2.75) is 6.92 Å². The first-order valence-corrected chi connectivity index (χ1v) is 8.72. The van der Waals surface area contributed by atoms with Gasteiger partial charge in [0.05, 0.1) is 0 Å². The molecule has 5 aromatic rings. The molecule has 5 rings (SSSR count). The Kier molecular flexibility index (Phi) is 2.27. The summed E-state index contributed by atoms with van der Waals surface area (Å²) in [6, 6.07) is 18.2. The van der Waals surface area contributed by atoms with Crippen molar-refractivity contribution in [2.75, 3.05) is 0 Å². The third kappa shape index (κ3) is 1.60. The van der Waals surface area contributed by atoms with E-state index in [0.29, 0.717) is 0 Å². The number of fused-ring (bicyclic) bond motifs is 6. The van der Waals surface area contributed by atoms with Gasteiger partial charge in [0.1, 0.15) is 0 Å². The molecule has 0 fully saturated rings. The van der Waals surface area contributed by atoms with Crippen LogP contribution in [0.15, 0.2) is 53.9 Å². The van der Waals surface area contributed by atoms with Gasteiger partial charge in [-0.05, 0) is 63.5 Å². The molecule has 0 aliphatic rings. The highest BCUT2D eigenvalue weighted by atomic mass is 32.1. The zero-order chi connectivity index (χ0) is 14.0. The van der Waals surface area contributed by atoms with Gasteiger partial charge < -0.3 is 0 Å². The summed E-state index contributed by atoms with van der Waals surface area (Å²) in [5.41, 5.74) is 0. The molecule has 0 nitrogen and oxygen atoms in total. The van der Waals surface area contributed by atoms with E-state index in [1.165, 1.54) is 46.6 Å². The Morgan fingerprint density at radius 2 is 1.57 bits per heavy atom. The van der Waals surface area contributed by atoms with Crippen LogP contribution >= 0.6 is 22.7 Å². The largest absolute Gasteiger partial charge is 0.143 e. The van der Waals surface area contributed by atoms with Gasteiger partial charge in [-0.1, -0.05) is 24.3 Å². The maximum atomic E-state index is 2.37. The van der Waals surface area contributed by atoms with Crippen LogP contribution < -0.4 is 0 Å². The Bertz CT molecular complexity index is 1140. The second kappa shape index (κ2) is 4.06. The quantitative estimate of drug-likeness (QED) is 0.278. The first-order chi connectivity index (χ1) is 10.3. The molecule has 100 valence electrons. The van der Waals surface area contributed by atoms with E-state index in [4.69, 9.17) is 0 Å². The topological polar surface area (TPSA) is 0 Å². The van der Waals surface area contributed by atoms with Crippen LogP contribution in [0.2, 0.25) is 0 Å². The molecule has 0 spiro atoms. The van der Waals surface area contributed by atoms with Gasteiger partial charge in [0.15, 0.2) is 0 Å². The minimum absolute atomic E-state index is 1.34. The molecule has 0 aliphatic heterocycles. The Balaban J connectivity index is 2.03. The number of rotatable bonds is 0. The lowest BCUT2D eigenvalue weighted by Gasteiger charge is -2.05. The molecule has 0 atom stereocenters. The molecule has 0 aliphatic carbocycles. The van der Waals surface area contributed by atoms with Gasteiger partial charge >= 0.3 is 0 Å². The van der Waals surface area contributed by atoms with Gasteiger partial charge in [-0.2, -0.15) is 0 Å². The van der Waals surface area contributed by atoms with Crippen molar-refractivity contribution in [1.82, 2.24) is 0 Å². The van der Waals surface area contributed by atoms with Crippen LogP contribution in [0.25, 0.3) is 41.7 Å². The van der Waals surface area contributed by atoms with Crippen molar-refractivity contribution >= 4 is 64.4 Å². The monoisotopic (exact) mass is 304 g/mol. The fourth-order valence-corrected chi connectivity index (χ4v) is 5.11. The van der Waals surface area contributed by atoms with E-state index in [-0.39, 0.29) is 0 Å². The molecule has 2 heteroatoms. The predicted octanol–water partition coefficient (Wildman–Crippen LogP) is 6.73. The van der Waals surface area contributed by atoms with E-state index >= 15 is 0 Å². The SMILES string of the molecule is Cc1cc2cc3ccc4c(ccc5ccsc54)c3cc2s1. The first kappa shape index (κ1) is 11.7. The number of thiophene rings is 2.